The van der Waals surface area contributed by atoms with Crippen molar-refractivity contribution in [2.24, 2.45) is 0 Å². The van der Waals surface area contributed by atoms with E-state index in [0.29, 0.717) is 0 Å². The molecule has 0 aromatic carbocycles. The first kappa shape index (κ1) is 7.34. The van der Waals surface area contributed by atoms with E-state index in [2.05, 4.69) is 6.08 Å². The van der Waals surface area contributed by atoms with Crippen LogP contribution in [0.15, 0.2) is 21.4 Å². The molecule has 0 amide bonds. The number of hydrogen-bond acceptors (Lipinski definition) is 0. The first-order valence-corrected chi connectivity index (χ1v) is 8.20. The summed E-state index contributed by atoms with van der Waals surface area (Å²) in [4.78, 5) is 0. The van der Waals surface area contributed by atoms with Gasteiger partial charge in [0, 0.05) is 0 Å². The summed E-state index contributed by atoms with van der Waals surface area (Å²) < 4.78 is 1.30. The third-order valence-corrected chi connectivity index (χ3v) is 5.06. The first-order chi connectivity index (χ1) is 4.77. The average Bonchev–Trinajstić information content (AvgIpc) is 2.44. The molecule has 10 heavy (non-hydrogen) atoms. The fourth-order valence-electron chi connectivity index (χ4n) is 1.48. The fraction of sp³-hybridized carbons (Fsp3) is 0.429. The molecule has 1 fully saturated rings. The Hall–Kier alpha value is 0.683. The molecule has 0 N–H and O–H groups in total. The second kappa shape index (κ2) is 2.62. The average molecular weight is 265 g/mol. The maximum atomic E-state index is 5.87. The van der Waals surface area contributed by atoms with Gasteiger partial charge in [0.25, 0.3) is 0 Å². The molecule has 0 aromatic heterocycles. The molecule has 2 aliphatic carbocycles. The third kappa shape index (κ3) is 1.09. The van der Waals surface area contributed by atoms with Crippen LogP contribution in [0.1, 0.15) is 19.3 Å². The van der Waals surface area contributed by atoms with Crippen LogP contribution in [0.3, 0.4) is 0 Å². The molecule has 0 spiro atoms. The molecule has 0 radical (unpaired) electrons. The van der Waals surface area contributed by atoms with Gasteiger partial charge in [0.15, 0.2) is 0 Å². The molecule has 1 saturated carbocycles. The van der Waals surface area contributed by atoms with Crippen molar-refractivity contribution in [1.29, 1.82) is 0 Å². The van der Waals surface area contributed by atoms with Gasteiger partial charge in [-0.25, -0.2) is 0 Å². The van der Waals surface area contributed by atoms with Gasteiger partial charge >= 0.3 is 74.0 Å². The maximum absolute atomic E-state index is 5.87. The summed E-state index contributed by atoms with van der Waals surface area (Å²) in [5.74, 6) is 0. The molecule has 2 aliphatic rings. The van der Waals surface area contributed by atoms with Gasteiger partial charge in [-0.3, -0.25) is 0 Å². The van der Waals surface area contributed by atoms with Crippen LogP contribution in [0.5, 0.6) is 0 Å². The van der Waals surface area contributed by atoms with E-state index in [0.717, 1.165) is 0 Å². The summed E-state index contributed by atoms with van der Waals surface area (Å²) in [6.45, 7) is 0. The van der Waals surface area contributed by atoms with E-state index in [-0.39, 0.29) is 0 Å². The number of rotatable bonds is 1. The Kier molecular flexibility index (Phi) is 1.93. The number of halogens is 2. The van der Waals surface area contributed by atoms with Crippen molar-refractivity contribution in [2.45, 2.75) is 19.3 Å². The summed E-state index contributed by atoms with van der Waals surface area (Å²) in [5.41, 5.74) is 3.06. The van der Waals surface area contributed by atoms with Crippen molar-refractivity contribution in [2.75, 3.05) is 0 Å². The SMILES string of the molecule is [Cl][Rh]([Cl])[C]1=C2CCC(=C1)C2. The molecule has 58 valence electrons. The summed E-state index contributed by atoms with van der Waals surface area (Å²) in [6.07, 6.45) is 5.87. The van der Waals surface area contributed by atoms with Gasteiger partial charge < -0.3 is 0 Å². The number of fused-ring (bicyclic) bond motifs is 2. The predicted octanol–water partition coefficient (Wildman–Crippen LogP) is 3.29. The van der Waals surface area contributed by atoms with Crippen molar-refractivity contribution in [1.82, 2.24) is 0 Å². The molecule has 0 saturated heterocycles. The summed E-state index contributed by atoms with van der Waals surface area (Å²) in [6, 6.07) is 0. The third-order valence-electron chi connectivity index (χ3n) is 1.97. The minimum absolute atomic E-state index is 1.18. The Morgan fingerprint density at radius 3 is 2.40 bits per heavy atom. The Balaban J connectivity index is 2.31. The standard InChI is InChI=1S/C7H7.2ClH.Rh/c1-2-7-4-3-6(1)5-7;;;/h1H,3-5H2;2*1H;/q;;;+2/p-2. The van der Waals surface area contributed by atoms with Crippen LogP contribution in [-0.4, -0.2) is 0 Å². The quantitative estimate of drug-likeness (QED) is 0.638. The van der Waals surface area contributed by atoms with Crippen LogP contribution >= 0.6 is 19.4 Å². The van der Waals surface area contributed by atoms with Gasteiger partial charge in [-0.2, -0.15) is 0 Å². The van der Waals surface area contributed by atoms with Gasteiger partial charge in [0.2, 0.25) is 0 Å². The molecule has 0 heterocycles. The van der Waals surface area contributed by atoms with Crippen molar-refractivity contribution < 1.29 is 14.0 Å². The fourth-order valence-corrected chi connectivity index (χ4v) is 4.26. The van der Waals surface area contributed by atoms with Crippen molar-refractivity contribution in [3.05, 3.63) is 21.4 Å². The molecule has 0 aliphatic heterocycles. The normalized spacial score (nSPS) is 23.8. The van der Waals surface area contributed by atoms with Crippen LogP contribution in [0.2, 0.25) is 0 Å². The number of hydrogen-bond donors (Lipinski definition) is 0. The van der Waals surface area contributed by atoms with E-state index in [4.69, 9.17) is 19.4 Å². The Labute approximate surface area is 73.9 Å². The van der Waals surface area contributed by atoms with E-state index in [1.54, 1.807) is 5.57 Å². The molecule has 2 bridgehead atoms. The molecule has 2 rings (SSSR count). The zero-order valence-corrected chi connectivity index (χ0v) is 8.44. The summed E-state index contributed by atoms with van der Waals surface area (Å²) in [5, 5.41) is 0. The molecular weight excluding hydrogens is 258 g/mol. The van der Waals surface area contributed by atoms with E-state index < -0.39 is 14.0 Å². The second-order valence-corrected chi connectivity index (χ2v) is 8.06. The Morgan fingerprint density at radius 1 is 1.30 bits per heavy atom. The van der Waals surface area contributed by atoms with Gasteiger partial charge in [-0.15, -0.1) is 0 Å². The molecule has 0 nitrogen and oxygen atoms in total. The van der Waals surface area contributed by atoms with Crippen molar-refractivity contribution in [3.63, 3.8) is 0 Å². The van der Waals surface area contributed by atoms with Crippen LogP contribution in [0.4, 0.5) is 0 Å². The second-order valence-electron chi connectivity index (χ2n) is 2.58. The van der Waals surface area contributed by atoms with E-state index in [1.165, 1.54) is 29.0 Å². The molecule has 0 atom stereocenters. The topological polar surface area (TPSA) is 0 Å². The van der Waals surface area contributed by atoms with Crippen LogP contribution in [-0.2, 0) is 14.0 Å². The van der Waals surface area contributed by atoms with Gasteiger partial charge in [-0.05, 0) is 0 Å². The molecular formula is C7H7Cl2Rh. The predicted molar refractivity (Wildman–Crippen MR) is 40.7 cm³/mol. The van der Waals surface area contributed by atoms with Crippen molar-refractivity contribution >= 4 is 19.4 Å². The first-order valence-electron chi connectivity index (χ1n) is 3.16. The van der Waals surface area contributed by atoms with Gasteiger partial charge in [0.05, 0.1) is 0 Å². The van der Waals surface area contributed by atoms with Crippen LogP contribution in [0, 0.1) is 0 Å². The minimum atomic E-state index is -1.44. The molecule has 0 aromatic rings. The van der Waals surface area contributed by atoms with E-state index >= 15 is 0 Å². The van der Waals surface area contributed by atoms with Crippen molar-refractivity contribution in [3.8, 4) is 0 Å². The van der Waals surface area contributed by atoms with Crippen LogP contribution < -0.4 is 0 Å². The Bertz CT molecular complexity index is 228. The molecule has 0 unspecified atom stereocenters. The summed E-state index contributed by atoms with van der Waals surface area (Å²) in [7, 11) is 11.7. The monoisotopic (exact) mass is 264 g/mol. The summed E-state index contributed by atoms with van der Waals surface area (Å²) >= 11 is -1.44. The Morgan fingerprint density at radius 2 is 2.10 bits per heavy atom. The zero-order chi connectivity index (χ0) is 7.14. The molecule has 3 heteroatoms. The zero-order valence-electron chi connectivity index (χ0n) is 5.29. The number of allylic oxidation sites excluding steroid dienone is 4. The van der Waals surface area contributed by atoms with Gasteiger partial charge in [0.1, 0.15) is 0 Å². The van der Waals surface area contributed by atoms with E-state index in [9.17, 15) is 0 Å². The van der Waals surface area contributed by atoms with E-state index in [1.807, 2.05) is 0 Å². The van der Waals surface area contributed by atoms with Gasteiger partial charge in [-0.1, -0.05) is 0 Å². The van der Waals surface area contributed by atoms with Crippen LogP contribution in [0.25, 0.3) is 0 Å².